The summed E-state index contributed by atoms with van der Waals surface area (Å²) in [4.78, 5) is 22.1. The second-order valence-corrected chi connectivity index (χ2v) is 6.01. The van der Waals surface area contributed by atoms with Crippen molar-refractivity contribution < 1.29 is 4.79 Å². The van der Waals surface area contributed by atoms with Gasteiger partial charge in [-0.05, 0) is 31.0 Å². The summed E-state index contributed by atoms with van der Waals surface area (Å²) in [5.74, 6) is -0.100. The van der Waals surface area contributed by atoms with Crippen LogP contribution in [0.15, 0.2) is 54.2 Å². The SMILES string of the molecule is Cc1ncsc1-c1ncccc1C(=O)NCCc1ccccc1. The van der Waals surface area contributed by atoms with Gasteiger partial charge in [0.15, 0.2) is 0 Å². The third-order valence-corrected chi connectivity index (χ3v) is 4.49. The van der Waals surface area contributed by atoms with Crippen LogP contribution < -0.4 is 5.32 Å². The molecule has 1 aromatic carbocycles. The number of pyridine rings is 1. The Kier molecular flexibility index (Phi) is 4.78. The standard InChI is InChI=1S/C18H17N3OS/c1-13-17(23-12-21-13)16-15(8-5-10-19-16)18(22)20-11-9-14-6-3-2-4-7-14/h2-8,10,12H,9,11H2,1H3,(H,20,22). The average Bonchev–Trinajstić information content (AvgIpc) is 3.01. The molecule has 0 atom stereocenters. The van der Waals surface area contributed by atoms with Gasteiger partial charge >= 0.3 is 0 Å². The van der Waals surface area contributed by atoms with E-state index in [1.807, 2.05) is 25.1 Å². The zero-order valence-electron chi connectivity index (χ0n) is 12.8. The molecule has 2 heterocycles. The number of aryl methyl sites for hydroxylation is 1. The van der Waals surface area contributed by atoms with Crippen LogP contribution in [-0.2, 0) is 6.42 Å². The van der Waals surface area contributed by atoms with E-state index in [1.54, 1.807) is 23.8 Å². The van der Waals surface area contributed by atoms with Crippen LogP contribution in [0, 0.1) is 6.92 Å². The molecule has 1 N–H and O–H groups in total. The van der Waals surface area contributed by atoms with Gasteiger partial charge in [0, 0.05) is 12.7 Å². The normalized spacial score (nSPS) is 10.5. The molecule has 5 heteroatoms. The van der Waals surface area contributed by atoms with Gasteiger partial charge in [0.25, 0.3) is 5.91 Å². The number of benzene rings is 1. The second-order valence-electron chi connectivity index (χ2n) is 5.16. The van der Waals surface area contributed by atoms with Crippen LogP contribution in [0.4, 0.5) is 0 Å². The summed E-state index contributed by atoms with van der Waals surface area (Å²) in [6.45, 7) is 2.52. The lowest BCUT2D eigenvalue weighted by atomic mass is 10.1. The number of thiazole rings is 1. The van der Waals surface area contributed by atoms with Crippen molar-refractivity contribution in [3.63, 3.8) is 0 Å². The van der Waals surface area contributed by atoms with Gasteiger partial charge in [-0.2, -0.15) is 0 Å². The van der Waals surface area contributed by atoms with E-state index in [2.05, 4.69) is 27.4 Å². The minimum absolute atomic E-state index is 0.100. The van der Waals surface area contributed by atoms with E-state index in [9.17, 15) is 4.79 Å². The van der Waals surface area contributed by atoms with E-state index in [1.165, 1.54) is 16.9 Å². The summed E-state index contributed by atoms with van der Waals surface area (Å²) in [6, 6.07) is 13.7. The van der Waals surface area contributed by atoms with E-state index in [0.29, 0.717) is 17.8 Å². The zero-order valence-corrected chi connectivity index (χ0v) is 13.6. The number of hydrogen-bond donors (Lipinski definition) is 1. The monoisotopic (exact) mass is 323 g/mol. The lowest BCUT2D eigenvalue weighted by molar-refractivity contribution is 0.0954. The Morgan fingerprint density at radius 3 is 2.70 bits per heavy atom. The Morgan fingerprint density at radius 1 is 1.13 bits per heavy atom. The minimum Gasteiger partial charge on any atom is -0.352 e. The number of carbonyl (C=O) groups is 1. The third kappa shape index (κ3) is 3.63. The van der Waals surface area contributed by atoms with Gasteiger partial charge in [0.2, 0.25) is 0 Å². The van der Waals surface area contributed by atoms with Crippen LogP contribution in [-0.4, -0.2) is 22.4 Å². The number of nitrogens with zero attached hydrogens (tertiary/aromatic N) is 2. The first kappa shape index (κ1) is 15.4. The van der Waals surface area contributed by atoms with Crippen LogP contribution in [0.5, 0.6) is 0 Å². The molecule has 3 aromatic rings. The van der Waals surface area contributed by atoms with Crippen LogP contribution in [0.2, 0.25) is 0 Å². The van der Waals surface area contributed by atoms with Crippen molar-refractivity contribution >= 4 is 17.2 Å². The van der Waals surface area contributed by atoms with Gasteiger partial charge in [-0.3, -0.25) is 9.78 Å². The first-order valence-corrected chi connectivity index (χ1v) is 8.31. The summed E-state index contributed by atoms with van der Waals surface area (Å²) < 4.78 is 0. The first-order valence-electron chi connectivity index (χ1n) is 7.43. The van der Waals surface area contributed by atoms with Crippen LogP contribution in [0.1, 0.15) is 21.6 Å². The first-order chi connectivity index (χ1) is 11.3. The number of amides is 1. The fourth-order valence-corrected chi connectivity index (χ4v) is 3.17. The second kappa shape index (κ2) is 7.15. The van der Waals surface area contributed by atoms with Crippen molar-refractivity contribution in [3.05, 3.63) is 71.0 Å². The highest BCUT2D eigenvalue weighted by molar-refractivity contribution is 7.13. The highest BCUT2D eigenvalue weighted by Crippen LogP contribution is 2.28. The Bertz CT molecular complexity index is 799. The molecule has 0 radical (unpaired) electrons. The number of hydrogen-bond acceptors (Lipinski definition) is 4. The quantitative estimate of drug-likeness (QED) is 0.782. The molecule has 0 aliphatic heterocycles. The van der Waals surface area contributed by atoms with Crippen LogP contribution >= 0.6 is 11.3 Å². The maximum absolute atomic E-state index is 12.5. The van der Waals surface area contributed by atoms with E-state index in [4.69, 9.17) is 0 Å². The molecule has 4 nitrogen and oxygen atoms in total. The molecule has 0 aliphatic carbocycles. The molecular weight excluding hydrogens is 306 g/mol. The molecule has 0 saturated heterocycles. The van der Waals surface area contributed by atoms with Crippen molar-refractivity contribution in [1.29, 1.82) is 0 Å². The summed E-state index contributed by atoms with van der Waals surface area (Å²) >= 11 is 1.50. The Hall–Kier alpha value is -2.53. The number of nitrogens with one attached hydrogen (secondary N) is 1. The fraction of sp³-hybridized carbons (Fsp3) is 0.167. The van der Waals surface area contributed by atoms with E-state index in [-0.39, 0.29) is 5.91 Å². The molecule has 0 saturated carbocycles. The molecule has 1 amide bonds. The largest absolute Gasteiger partial charge is 0.352 e. The lowest BCUT2D eigenvalue weighted by Gasteiger charge is -2.09. The molecular formula is C18H17N3OS. The summed E-state index contributed by atoms with van der Waals surface area (Å²) in [6.07, 6.45) is 2.51. The molecule has 3 rings (SSSR count). The molecule has 0 aliphatic rings. The van der Waals surface area contributed by atoms with Crippen LogP contribution in [0.25, 0.3) is 10.6 Å². The smallest absolute Gasteiger partial charge is 0.253 e. The topological polar surface area (TPSA) is 54.9 Å². The predicted molar refractivity (Wildman–Crippen MR) is 92.6 cm³/mol. The predicted octanol–water partition coefficient (Wildman–Crippen LogP) is 3.49. The molecule has 23 heavy (non-hydrogen) atoms. The van der Waals surface area contributed by atoms with Crippen molar-refractivity contribution in [3.8, 4) is 10.6 Å². The average molecular weight is 323 g/mol. The van der Waals surface area contributed by atoms with Gasteiger partial charge in [-0.1, -0.05) is 30.3 Å². The van der Waals surface area contributed by atoms with Gasteiger partial charge < -0.3 is 5.32 Å². The van der Waals surface area contributed by atoms with Crippen molar-refractivity contribution in [1.82, 2.24) is 15.3 Å². The van der Waals surface area contributed by atoms with Gasteiger partial charge in [0.05, 0.1) is 27.3 Å². The molecule has 2 aromatic heterocycles. The van der Waals surface area contributed by atoms with Crippen molar-refractivity contribution in [2.75, 3.05) is 6.54 Å². The van der Waals surface area contributed by atoms with E-state index < -0.39 is 0 Å². The summed E-state index contributed by atoms with van der Waals surface area (Å²) in [7, 11) is 0. The molecule has 0 unspecified atom stereocenters. The van der Waals surface area contributed by atoms with Crippen LogP contribution in [0.3, 0.4) is 0 Å². The molecule has 0 bridgehead atoms. The van der Waals surface area contributed by atoms with Gasteiger partial charge in [-0.25, -0.2) is 4.98 Å². The lowest BCUT2D eigenvalue weighted by Crippen LogP contribution is -2.26. The number of aromatic nitrogens is 2. The molecule has 116 valence electrons. The summed E-state index contributed by atoms with van der Waals surface area (Å²) in [5.41, 5.74) is 5.17. The van der Waals surface area contributed by atoms with Gasteiger partial charge in [-0.15, -0.1) is 11.3 Å². The summed E-state index contributed by atoms with van der Waals surface area (Å²) in [5, 5.41) is 2.97. The molecule has 0 fully saturated rings. The minimum atomic E-state index is -0.100. The highest BCUT2D eigenvalue weighted by atomic mass is 32.1. The van der Waals surface area contributed by atoms with Crippen molar-refractivity contribution in [2.24, 2.45) is 0 Å². The molecule has 0 spiro atoms. The third-order valence-electron chi connectivity index (χ3n) is 3.55. The Morgan fingerprint density at radius 2 is 1.96 bits per heavy atom. The number of carbonyl (C=O) groups excluding carboxylic acids is 1. The highest BCUT2D eigenvalue weighted by Gasteiger charge is 2.16. The number of rotatable bonds is 5. The Labute approximate surface area is 139 Å². The zero-order chi connectivity index (χ0) is 16.1. The fourth-order valence-electron chi connectivity index (χ4n) is 2.36. The maximum Gasteiger partial charge on any atom is 0.253 e. The maximum atomic E-state index is 12.5. The van der Waals surface area contributed by atoms with E-state index >= 15 is 0 Å². The van der Waals surface area contributed by atoms with E-state index in [0.717, 1.165) is 17.0 Å². The van der Waals surface area contributed by atoms with Crippen molar-refractivity contribution in [2.45, 2.75) is 13.3 Å². The van der Waals surface area contributed by atoms with Gasteiger partial charge in [0.1, 0.15) is 0 Å². The Balaban J connectivity index is 1.72.